The Morgan fingerprint density at radius 3 is 2.56 bits per heavy atom. The third-order valence-electron chi connectivity index (χ3n) is 2.67. The predicted molar refractivity (Wildman–Crippen MR) is 61.2 cm³/mol. The van der Waals surface area contributed by atoms with Gasteiger partial charge in [0.2, 0.25) is 5.91 Å². The Labute approximate surface area is 96.0 Å². The average molecular weight is 228 g/mol. The number of carbonyl (C=O) groups excluding carboxylic acids is 2. The first-order valence-corrected chi connectivity index (χ1v) is 5.56. The van der Waals surface area contributed by atoms with Crippen LogP contribution in [0.4, 0.5) is 4.79 Å². The van der Waals surface area contributed by atoms with E-state index < -0.39 is 0 Å². The molecule has 0 spiro atoms. The van der Waals surface area contributed by atoms with Gasteiger partial charge < -0.3 is 20.4 Å². The van der Waals surface area contributed by atoms with E-state index in [2.05, 4.69) is 10.6 Å². The topological polar surface area (TPSA) is 64.7 Å². The second-order valence-electron chi connectivity index (χ2n) is 3.86. The maximum atomic E-state index is 11.9. The van der Waals surface area contributed by atoms with Crippen LogP contribution in [0.3, 0.4) is 0 Å². The molecule has 0 bridgehead atoms. The lowest BCUT2D eigenvalue weighted by Crippen LogP contribution is -2.51. The highest BCUT2D eigenvalue weighted by Gasteiger charge is 2.19. The van der Waals surface area contributed by atoms with Crippen LogP contribution >= 0.6 is 0 Å². The van der Waals surface area contributed by atoms with Gasteiger partial charge in [-0.25, -0.2) is 4.79 Å². The zero-order chi connectivity index (χ0) is 12.0. The zero-order valence-corrected chi connectivity index (χ0v) is 9.95. The molecule has 16 heavy (non-hydrogen) atoms. The van der Waals surface area contributed by atoms with Gasteiger partial charge >= 0.3 is 6.03 Å². The molecule has 3 amide bonds. The van der Waals surface area contributed by atoms with Crippen molar-refractivity contribution in [2.24, 2.45) is 0 Å². The van der Waals surface area contributed by atoms with Crippen molar-refractivity contribution >= 4 is 11.9 Å². The summed E-state index contributed by atoms with van der Waals surface area (Å²) in [5, 5.41) is 5.73. The minimum atomic E-state index is -0.0417. The van der Waals surface area contributed by atoms with Crippen LogP contribution in [0.15, 0.2) is 0 Å². The Bertz CT molecular complexity index is 251. The number of piperazine rings is 1. The van der Waals surface area contributed by atoms with Crippen molar-refractivity contribution < 1.29 is 9.59 Å². The van der Waals surface area contributed by atoms with Crippen molar-refractivity contribution in [1.29, 1.82) is 0 Å². The number of nitrogens with one attached hydrogen (secondary N) is 2. The number of amides is 3. The van der Waals surface area contributed by atoms with Gasteiger partial charge in [-0.2, -0.15) is 0 Å². The summed E-state index contributed by atoms with van der Waals surface area (Å²) in [5.41, 5.74) is 0. The van der Waals surface area contributed by atoms with Crippen LogP contribution in [-0.2, 0) is 4.79 Å². The Hall–Kier alpha value is -1.30. The second kappa shape index (κ2) is 6.32. The van der Waals surface area contributed by atoms with E-state index in [0.717, 1.165) is 26.2 Å². The van der Waals surface area contributed by atoms with Crippen molar-refractivity contribution in [3.8, 4) is 0 Å². The minimum Gasteiger partial charge on any atom is -0.359 e. The molecular formula is C10H20N4O2. The number of hydrogen-bond donors (Lipinski definition) is 2. The molecule has 0 unspecified atom stereocenters. The normalized spacial score (nSPS) is 15.8. The molecule has 6 nitrogen and oxygen atoms in total. The van der Waals surface area contributed by atoms with Gasteiger partial charge in [0.1, 0.15) is 0 Å². The lowest BCUT2D eigenvalue weighted by Gasteiger charge is -2.31. The fourth-order valence-electron chi connectivity index (χ4n) is 1.59. The minimum absolute atomic E-state index is 0.00500. The van der Waals surface area contributed by atoms with Crippen LogP contribution < -0.4 is 10.6 Å². The Morgan fingerprint density at radius 1 is 1.38 bits per heavy atom. The number of rotatable bonds is 3. The van der Waals surface area contributed by atoms with Crippen LogP contribution in [-0.4, -0.2) is 68.6 Å². The van der Waals surface area contributed by atoms with Crippen molar-refractivity contribution in [3.63, 3.8) is 0 Å². The summed E-state index contributed by atoms with van der Waals surface area (Å²) in [6, 6.07) is 0.00500. The summed E-state index contributed by atoms with van der Waals surface area (Å²) in [4.78, 5) is 26.3. The van der Waals surface area contributed by atoms with Gasteiger partial charge in [-0.15, -0.1) is 0 Å². The highest BCUT2D eigenvalue weighted by atomic mass is 16.2. The first-order valence-electron chi connectivity index (χ1n) is 5.56. The predicted octanol–water partition coefficient (Wildman–Crippen LogP) is -0.920. The van der Waals surface area contributed by atoms with E-state index in [1.165, 1.54) is 0 Å². The van der Waals surface area contributed by atoms with Crippen molar-refractivity contribution in [1.82, 2.24) is 20.4 Å². The molecule has 92 valence electrons. The van der Waals surface area contributed by atoms with Crippen LogP contribution in [0.25, 0.3) is 0 Å². The van der Waals surface area contributed by atoms with E-state index in [1.54, 1.807) is 23.9 Å². The summed E-state index contributed by atoms with van der Waals surface area (Å²) in [7, 11) is 3.33. The summed E-state index contributed by atoms with van der Waals surface area (Å²) < 4.78 is 0. The molecule has 1 aliphatic heterocycles. The van der Waals surface area contributed by atoms with E-state index >= 15 is 0 Å². The van der Waals surface area contributed by atoms with Crippen molar-refractivity contribution in [3.05, 3.63) is 0 Å². The fraction of sp³-hybridized carbons (Fsp3) is 0.800. The summed E-state index contributed by atoms with van der Waals surface area (Å²) in [5.74, 6) is -0.0417. The van der Waals surface area contributed by atoms with E-state index in [4.69, 9.17) is 0 Å². The molecule has 1 saturated heterocycles. The molecule has 0 saturated carbocycles. The molecule has 1 aliphatic rings. The monoisotopic (exact) mass is 228 g/mol. The Kier molecular flexibility index (Phi) is 5.04. The zero-order valence-electron chi connectivity index (χ0n) is 9.95. The molecule has 0 aromatic rings. The molecule has 1 rings (SSSR count). The largest absolute Gasteiger partial charge is 0.359 e. The second-order valence-corrected chi connectivity index (χ2v) is 3.86. The maximum Gasteiger partial charge on any atom is 0.319 e. The lowest BCUT2D eigenvalue weighted by atomic mass is 10.3. The highest BCUT2D eigenvalue weighted by Crippen LogP contribution is 1.99. The van der Waals surface area contributed by atoms with E-state index in [0.29, 0.717) is 13.0 Å². The third kappa shape index (κ3) is 3.69. The smallest absolute Gasteiger partial charge is 0.319 e. The molecule has 0 aromatic heterocycles. The van der Waals surface area contributed by atoms with Gasteiger partial charge in [0, 0.05) is 53.2 Å². The van der Waals surface area contributed by atoms with Crippen LogP contribution in [0.1, 0.15) is 6.42 Å². The fourth-order valence-corrected chi connectivity index (χ4v) is 1.59. The molecule has 6 heteroatoms. The SMILES string of the molecule is CNC(=O)CCN(C)C(=O)N1CCNCC1. The lowest BCUT2D eigenvalue weighted by molar-refractivity contribution is -0.120. The molecule has 0 aliphatic carbocycles. The van der Waals surface area contributed by atoms with Crippen molar-refractivity contribution in [2.45, 2.75) is 6.42 Å². The summed E-state index contributed by atoms with van der Waals surface area (Å²) in [6.45, 7) is 3.62. The van der Waals surface area contributed by atoms with Gasteiger partial charge in [0.05, 0.1) is 0 Å². The number of nitrogens with zero attached hydrogens (tertiary/aromatic N) is 2. The molecule has 1 fully saturated rings. The van der Waals surface area contributed by atoms with Crippen molar-refractivity contribution in [2.75, 3.05) is 46.8 Å². The molecule has 1 heterocycles. The van der Waals surface area contributed by atoms with Crippen LogP contribution in [0.2, 0.25) is 0 Å². The van der Waals surface area contributed by atoms with Gasteiger partial charge in [-0.3, -0.25) is 4.79 Å². The van der Waals surface area contributed by atoms with E-state index in [9.17, 15) is 9.59 Å². The third-order valence-corrected chi connectivity index (χ3v) is 2.67. The quantitative estimate of drug-likeness (QED) is 0.656. The standard InChI is InChI=1S/C10H20N4O2/c1-11-9(15)3-6-13(2)10(16)14-7-4-12-5-8-14/h12H,3-8H2,1-2H3,(H,11,15). The maximum absolute atomic E-state index is 11.9. The molecule has 0 aromatic carbocycles. The van der Waals surface area contributed by atoms with Crippen LogP contribution in [0, 0.1) is 0 Å². The summed E-state index contributed by atoms with van der Waals surface area (Å²) >= 11 is 0. The molecule has 0 atom stereocenters. The molecule has 2 N–H and O–H groups in total. The van der Waals surface area contributed by atoms with Gasteiger partial charge in [-0.05, 0) is 0 Å². The number of hydrogen-bond acceptors (Lipinski definition) is 3. The number of carbonyl (C=O) groups is 2. The summed E-state index contributed by atoms with van der Waals surface area (Å²) in [6.07, 6.45) is 0.352. The van der Waals surface area contributed by atoms with E-state index in [-0.39, 0.29) is 11.9 Å². The first-order chi connectivity index (χ1) is 7.65. The average Bonchev–Trinajstić information content (AvgIpc) is 2.35. The molecule has 0 radical (unpaired) electrons. The number of urea groups is 1. The molecular weight excluding hydrogens is 208 g/mol. The van der Waals surface area contributed by atoms with E-state index in [1.807, 2.05) is 0 Å². The van der Waals surface area contributed by atoms with Crippen LogP contribution in [0.5, 0.6) is 0 Å². The van der Waals surface area contributed by atoms with Gasteiger partial charge in [0.25, 0.3) is 0 Å². The van der Waals surface area contributed by atoms with Gasteiger partial charge in [-0.1, -0.05) is 0 Å². The highest BCUT2D eigenvalue weighted by molar-refractivity contribution is 5.78. The Morgan fingerprint density at radius 2 is 2.00 bits per heavy atom. The first kappa shape index (κ1) is 12.8. The Balaban J connectivity index is 2.31. The van der Waals surface area contributed by atoms with Gasteiger partial charge in [0.15, 0.2) is 0 Å².